The fourth-order valence-electron chi connectivity index (χ4n) is 2.21. The molecule has 0 aliphatic heterocycles. The molecule has 0 spiro atoms. The van der Waals surface area contributed by atoms with E-state index in [9.17, 15) is 14.4 Å². The molecule has 1 N–H and O–H groups in total. The predicted octanol–water partition coefficient (Wildman–Crippen LogP) is 1.98. The Morgan fingerprint density at radius 3 is 2.70 bits per heavy atom. The highest BCUT2D eigenvalue weighted by atomic mass is 16.5. The molecule has 0 atom stereocenters. The molecule has 1 aromatic heterocycles. The second kappa shape index (κ2) is 7.09. The molecule has 0 bridgehead atoms. The summed E-state index contributed by atoms with van der Waals surface area (Å²) in [5.41, 5.74) is 2.55. The SMILES string of the molecule is CC(=O)NCCC(=O)OCc1cc(=O)oc2c(C)c(C)ccc12. The van der Waals surface area contributed by atoms with Gasteiger partial charge in [-0.25, -0.2) is 4.79 Å². The van der Waals surface area contributed by atoms with Gasteiger partial charge in [-0.1, -0.05) is 12.1 Å². The molecule has 1 heterocycles. The monoisotopic (exact) mass is 317 g/mol. The number of fused-ring (bicyclic) bond motifs is 1. The van der Waals surface area contributed by atoms with Crippen LogP contribution < -0.4 is 10.9 Å². The molecule has 0 aliphatic rings. The maximum Gasteiger partial charge on any atom is 0.336 e. The Morgan fingerprint density at radius 1 is 1.26 bits per heavy atom. The second-order valence-electron chi connectivity index (χ2n) is 5.37. The van der Waals surface area contributed by atoms with Crippen LogP contribution in [0.5, 0.6) is 0 Å². The van der Waals surface area contributed by atoms with Crippen molar-refractivity contribution in [3.8, 4) is 0 Å². The van der Waals surface area contributed by atoms with E-state index in [1.807, 2.05) is 26.0 Å². The van der Waals surface area contributed by atoms with Gasteiger partial charge >= 0.3 is 11.6 Å². The Hall–Kier alpha value is -2.63. The van der Waals surface area contributed by atoms with Crippen LogP contribution in [0.25, 0.3) is 11.0 Å². The second-order valence-corrected chi connectivity index (χ2v) is 5.37. The van der Waals surface area contributed by atoms with Gasteiger partial charge in [-0.15, -0.1) is 0 Å². The summed E-state index contributed by atoms with van der Waals surface area (Å²) >= 11 is 0. The first-order valence-electron chi connectivity index (χ1n) is 7.31. The van der Waals surface area contributed by atoms with Gasteiger partial charge in [0, 0.05) is 30.5 Å². The summed E-state index contributed by atoms with van der Waals surface area (Å²) in [6.07, 6.45) is 0.0804. The zero-order valence-corrected chi connectivity index (χ0v) is 13.4. The highest BCUT2D eigenvalue weighted by Gasteiger charge is 2.11. The number of nitrogens with one attached hydrogen (secondary N) is 1. The molecular weight excluding hydrogens is 298 g/mol. The van der Waals surface area contributed by atoms with Gasteiger partial charge in [0.1, 0.15) is 12.2 Å². The van der Waals surface area contributed by atoms with Gasteiger partial charge in [0.05, 0.1) is 6.42 Å². The van der Waals surface area contributed by atoms with Crippen molar-refractivity contribution in [3.63, 3.8) is 0 Å². The smallest absolute Gasteiger partial charge is 0.336 e. The summed E-state index contributed by atoms with van der Waals surface area (Å²) in [6.45, 7) is 5.41. The number of amides is 1. The number of ether oxygens (including phenoxy) is 1. The number of esters is 1. The molecule has 6 nitrogen and oxygen atoms in total. The van der Waals surface area contributed by atoms with E-state index >= 15 is 0 Å². The summed E-state index contributed by atoms with van der Waals surface area (Å²) < 4.78 is 10.4. The van der Waals surface area contributed by atoms with Crippen LogP contribution in [-0.4, -0.2) is 18.4 Å². The van der Waals surface area contributed by atoms with Crippen LogP contribution in [0.3, 0.4) is 0 Å². The van der Waals surface area contributed by atoms with Crippen molar-refractivity contribution < 1.29 is 18.7 Å². The van der Waals surface area contributed by atoms with Gasteiger partial charge in [0.25, 0.3) is 0 Å². The molecule has 2 aromatic rings. The van der Waals surface area contributed by atoms with E-state index in [4.69, 9.17) is 9.15 Å². The van der Waals surface area contributed by atoms with E-state index < -0.39 is 11.6 Å². The van der Waals surface area contributed by atoms with Gasteiger partial charge in [0.2, 0.25) is 5.91 Å². The molecular formula is C17H19NO5. The minimum Gasteiger partial charge on any atom is -0.461 e. The average molecular weight is 317 g/mol. The third-order valence-electron chi connectivity index (χ3n) is 3.61. The van der Waals surface area contributed by atoms with Gasteiger partial charge in [-0.3, -0.25) is 9.59 Å². The van der Waals surface area contributed by atoms with E-state index in [0.717, 1.165) is 16.5 Å². The quantitative estimate of drug-likeness (QED) is 0.673. The van der Waals surface area contributed by atoms with E-state index in [-0.39, 0.29) is 25.5 Å². The molecule has 2 rings (SSSR count). The molecule has 23 heavy (non-hydrogen) atoms. The summed E-state index contributed by atoms with van der Waals surface area (Å²) in [5.74, 6) is -0.640. The molecule has 122 valence electrons. The first-order chi connectivity index (χ1) is 10.9. The van der Waals surface area contributed by atoms with E-state index in [1.165, 1.54) is 13.0 Å². The number of carbonyl (C=O) groups is 2. The number of hydrogen-bond acceptors (Lipinski definition) is 5. The molecule has 1 amide bonds. The minimum absolute atomic E-state index is 0.0104. The Morgan fingerprint density at radius 2 is 2.00 bits per heavy atom. The molecule has 1 aromatic carbocycles. The zero-order valence-electron chi connectivity index (χ0n) is 13.4. The molecule has 0 fully saturated rings. The number of hydrogen-bond donors (Lipinski definition) is 1. The maximum absolute atomic E-state index is 11.7. The largest absolute Gasteiger partial charge is 0.461 e. The van der Waals surface area contributed by atoms with E-state index in [2.05, 4.69) is 5.32 Å². The average Bonchev–Trinajstić information content (AvgIpc) is 2.48. The first-order valence-corrected chi connectivity index (χ1v) is 7.31. The van der Waals surface area contributed by atoms with Crippen molar-refractivity contribution >= 4 is 22.8 Å². The lowest BCUT2D eigenvalue weighted by atomic mass is 10.0. The number of benzene rings is 1. The normalized spacial score (nSPS) is 10.6. The van der Waals surface area contributed by atoms with Gasteiger partial charge in [-0.2, -0.15) is 0 Å². The van der Waals surface area contributed by atoms with Crippen LogP contribution >= 0.6 is 0 Å². The van der Waals surface area contributed by atoms with Crippen molar-refractivity contribution in [1.29, 1.82) is 0 Å². The predicted molar refractivity (Wildman–Crippen MR) is 85.1 cm³/mol. The van der Waals surface area contributed by atoms with Crippen LogP contribution in [-0.2, 0) is 20.9 Å². The topological polar surface area (TPSA) is 85.6 Å². The third-order valence-corrected chi connectivity index (χ3v) is 3.61. The molecule has 0 saturated carbocycles. The maximum atomic E-state index is 11.7. The van der Waals surface area contributed by atoms with Gasteiger partial charge in [0.15, 0.2) is 0 Å². The molecule has 6 heteroatoms. The number of rotatable bonds is 5. The van der Waals surface area contributed by atoms with Crippen LogP contribution in [0.1, 0.15) is 30.0 Å². The summed E-state index contributed by atoms with van der Waals surface area (Å²) in [4.78, 5) is 34.1. The third kappa shape index (κ3) is 4.18. The fraction of sp³-hybridized carbons (Fsp3) is 0.353. The Labute approximate surface area is 133 Å². The van der Waals surface area contributed by atoms with Gasteiger partial charge in [-0.05, 0) is 25.0 Å². The highest BCUT2D eigenvalue weighted by molar-refractivity contribution is 5.84. The molecule has 0 saturated heterocycles. The van der Waals surface area contributed by atoms with Crippen molar-refractivity contribution in [2.24, 2.45) is 0 Å². The lowest BCUT2D eigenvalue weighted by Gasteiger charge is -2.10. The van der Waals surface area contributed by atoms with Crippen molar-refractivity contribution in [2.45, 2.75) is 33.8 Å². The minimum atomic E-state index is -0.476. The highest BCUT2D eigenvalue weighted by Crippen LogP contribution is 2.23. The lowest BCUT2D eigenvalue weighted by molar-refractivity contribution is -0.144. The number of aryl methyl sites for hydroxylation is 2. The van der Waals surface area contributed by atoms with Crippen LogP contribution in [0.2, 0.25) is 0 Å². The zero-order chi connectivity index (χ0) is 17.0. The number of carbonyl (C=O) groups excluding carboxylic acids is 2. The van der Waals surface area contributed by atoms with E-state index in [0.29, 0.717) is 11.1 Å². The van der Waals surface area contributed by atoms with E-state index in [1.54, 1.807) is 0 Å². The standard InChI is InChI=1S/C17H19NO5/c1-10-4-5-14-13(8-16(21)23-17(14)11(10)2)9-22-15(20)6-7-18-12(3)19/h4-5,8H,6-7,9H2,1-3H3,(H,18,19). The first kappa shape index (κ1) is 16.7. The van der Waals surface area contributed by atoms with Crippen LogP contribution in [0.4, 0.5) is 0 Å². The molecule has 0 aliphatic carbocycles. The summed E-state index contributed by atoms with van der Waals surface area (Å²) in [5, 5.41) is 3.27. The molecule has 0 unspecified atom stereocenters. The van der Waals surface area contributed by atoms with Crippen LogP contribution in [0, 0.1) is 13.8 Å². The summed E-state index contributed by atoms with van der Waals surface area (Å²) in [6, 6.07) is 5.11. The van der Waals surface area contributed by atoms with Crippen molar-refractivity contribution in [2.75, 3.05) is 6.54 Å². The Kier molecular flexibility index (Phi) is 5.16. The fourth-order valence-corrected chi connectivity index (χ4v) is 2.21. The van der Waals surface area contributed by atoms with Crippen molar-refractivity contribution in [1.82, 2.24) is 5.32 Å². The lowest BCUT2D eigenvalue weighted by Crippen LogP contribution is -2.23. The van der Waals surface area contributed by atoms with Crippen molar-refractivity contribution in [3.05, 3.63) is 45.3 Å². The van der Waals surface area contributed by atoms with Crippen LogP contribution in [0.15, 0.2) is 27.4 Å². The Bertz CT molecular complexity index is 806. The Balaban J connectivity index is 2.14. The van der Waals surface area contributed by atoms with Gasteiger partial charge < -0.3 is 14.5 Å². The molecule has 0 radical (unpaired) electrons. The summed E-state index contributed by atoms with van der Waals surface area (Å²) in [7, 11) is 0.